The van der Waals surface area contributed by atoms with Crippen molar-refractivity contribution in [1.82, 2.24) is 19.9 Å². The van der Waals surface area contributed by atoms with Crippen LogP contribution in [0.1, 0.15) is 25.0 Å². The summed E-state index contributed by atoms with van der Waals surface area (Å²) < 4.78 is 0. The standard InChI is InChI=1S/C55H36N4/c1-55(2)46-28-42(41-22-15-33-9-6-7-12-40(33)27-41)31-56-52(46)53-47(55)29-43(32-57-53)49-30-48(58-54(59-49)39-10-4-3-5-11-39)35-18-16-34(17-19-35)44-25-23-38-21-20-36-13-8-14-37-24-26-45(44)51(38)50(36)37/h3-32H,1-2H3. The van der Waals surface area contributed by atoms with Crippen LogP contribution in [0, 0.1) is 0 Å². The predicted octanol–water partition coefficient (Wildman–Crippen LogP) is 14.0. The van der Waals surface area contributed by atoms with Crippen molar-refractivity contribution in [2.45, 2.75) is 19.3 Å². The minimum Gasteiger partial charge on any atom is -0.254 e. The van der Waals surface area contributed by atoms with E-state index in [9.17, 15) is 0 Å². The zero-order valence-electron chi connectivity index (χ0n) is 32.6. The van der Waals surface area contributed by atoms with E-state index in [0.717, 1.165) is 56.2 Å². The highest BCUT2D eigenvalue weighted by molar-refractivity contribution is 6.25. The second kappa shape index (κ2) is 12.7. The third-order valence-electron chi connectivity index (χ3n) is 12.5. The van der Waals surface area contributed by atoms with Gasteiger partial charge in [0, 0.05) is 40.1 Å². The molecule has 4 nitrogen and oxygen atoms in total. The van der Waals surface area contributed by atoms with Crippen LogP contribution in [0.2, 0.25) is 0 Å². The minimum absolute atomic E-state index is 0.313. The maximum atomic E-state index is 5.17. The molecule has 3 heterocycles. The Hall–Kier alpha value is -7.56. The summed E-state index contributed by atoms with van der Waals surface area (Å²) in [6, 6.07) is 60.9. The number of aromatic nitrogens is 4. The van der Waals surface area contributed by atoms with Crippen molar-refractivity contribution in [3.63, 3.8) is 0 Å². The van der Waals surface area contributed by atoms with Gasteiger partial charge in [-0.3, -0.25) is 9.97 Å². The number of pyridine rings is 2. The molecular formula is C55H36N4. The van der Waals surface area contributed by atoms with E-state index in [1.54, 1.807) is 0 Å². The minimum atomic E-state index is -0.313. The van der Waals surface area contributed by atoms with Crippen LogP contribution in [0.3, 0.4) is 0 Å². The summed E-state index contributed by atoms with van der Waals surface area (Å²) in [5.74, 6) is 0.679. The highest BCUT2D eigenvalue weighted by Crippen LogP contribution is 2.49. The Labute approximate surface area is 341 Å². The zero-order valence-corrected chi connectivity index (χ0v) is 32.6. The van der Waals surface area contributed by atoms with Gasteiger partial charge >= 0.3 is 0 Å². The third kappa shape index (κ3) is 5.30. The van der Waals surface area contributed by atoms with Crippen molar-refractivity contribution >= 4 is 43.1 Å². The lowest BCUT2D eigenvalue weighted by Gasteiger charge is -2.21. The summed E-state index contributed by atoms with van der Waals surface area (Å²) in [5.41, 5.74) is 13.2. The molecule has 0 atom stereocenters. The van der Waals surface area contributed by atoms with Gasteiger partial charge < -0.3 is 0 Å². The van der Waals surface area contributed by atoms with Crippen molar-refractivity contribution in [3.8, 4) is 67.5 Å². The largest absolute Gasteiger partial charge is 0.254 e. The average molecular weight is 753 g/mol. The normalized spacial score (nSPS) is 13.1. The molecule has 8 aromatic carbocycles. The molecule has 1 aliphatic carbocycles. The quantitative estimate of drug-likeness (QED) is 0.164. The molecule has 0 N–H and O–H groups in total. The van der Waals surface area contributed by atoms with Crippen molar-refractivity contribution < 1.29 is 0 Å². The van der Waals surface area contributed by atoms with Gasteiger partial charge in [0.25, 0.3) is 0 Å². The molecular weight excluding hydrogens is 717 g/mol. The molecule has 0 bridgehead atoms. The van der Waals surface area contributed by atoms with Gasteiger partial charge in [-0.15, -0.1) is 0 Å². The molecule has 59 heavy (non-hydrogen) atoms. The number of nitrogens with zero attached hydrogens (tertiary/aromatic N) is 4. The summed E-state index contributed by atoms with van der Waals surface area (Å²) in [7, 11) is 0. The predicted molar refractivity (Wildman–Crippen MR) is 244 cm³/mol. The van der Waals surface area contributed by atoms with Crippen LogP contribution < -0.4 is 0 Å². The topological polar surface area (TPSA) is 51.6 Å². The van der Waals surface area contributed by atoms with Gasteiger partial charge in [-0.25, -0.2) is 9.97 Å². The fraction of sp³-hybridized carbons (Fsp3) is 0.0545. The van der Waals surface area contributed by atoms with Gasteiger partial charge in [0.2, 0.25) is 0 Å². The SMILES string of the molecule is CC1(C)c2cc(-c3ccc4ccccc4c3)cnc2-c2ncc(-c3cc(-c4ccc(-c5ccc6ccc7cccc8ccc5c6c78)cc4)nc(-c4ccccc4)n3)cc21. The van der Waals surface area contributed by atoms with Crippen LogP contribution in [-0.4, -0.2) is 19.9 Å². The van der Waals surface area contributed by atoms with E-state index in [0.29, 0.717) is 5.82 Å². The maximum Gasteiger partial charge on any atom is 0.160 e. The first-order chi connectivity index (χ1) is 29.0. The molecule has 4 heteroatoms. The lowest BCUT2D eigenvalue weighted by Crippen LogP contribution is -2.15. The molecule has 0 fully saturated rings. The van der Waals surface area contributed by atoms with E-state index in [4.69, 9.17) is 19.9 Å². The van der Waals surface area contributed by atoms with Gasteiger partial charge in [-0.1, -0.05) is 159 Å². The van der Waals surface area contributed by atoms with Gasteiger partial charge in [-0.2, -0.15) is 0 Å². The highest BCUT2D eigenvalue weighted by atomic mass is 14.9. The van der Waals surface area contributed by atoms with E-state index < -0.39 is 0 Å². The first kappa shape index (κ1) is 33.6. The Morgan fingerprint density at radius 2 is 0.932 bits per heavy atom. The summed E-state index contributed by atoms with van der Waals surface area (Å²) in [6.45, 7) is 4.55. The molecule has 3 aromatic heterocycles. The Kier molecular flexibility index (Phi) is 7.24. The second-order valence-electron chi connectivity index (χ2n) is 16.3. The van der Waals surface area contributed by atoms with Crippen LogP contribution in [0.5, 0.6) is 0 Å². The number of benzene rings is 8. The number of rotatable bonds is 5. The molecule has 0 spiro atoms. The van der Waals surface area contributed by atoms with Crippen LogP contribution in [0.15, 0.2) is 182 Å². The lowest BCUT2D eigenvalue weighted by atomic mass is 9.82. The number of fused-ring (bicyclic) bond motifs is 4. The molecule has 1 aliphatic rings. The Morgan fingerprint density at radius 1 is 0.373 bits per heavy atom. The van der Waals surface area contributed by atoms with Crippen LogP contribution in [-0.2, 0) is 5.41 Å². The molecule has 276 valence electrons. The maximum absolute atomic E-state index is 5.17. The van der Waals surface area contributed by atoms with Crippen LogP contribution >= 0.6 is 0 Å². The molecule has 11 aromatic rings. The lowest BCUT2D eigenvalue weighted by molar-refractivity contribution is 0.658. The first-order valence-electron chi connectivity index (χ1n) is 20.2. The molecule has 0 amide bonds. The van der Waals surface area contributed by atoms with E-state index in [1.807, 2.05) is 30.6 Å². The van der Waals surface area contributed by atoms with E-state index in [1.165, 1.54) is 59.8 Å². The monoisotopic (exact) mass is 752 g/mol. The second-order valence-corrected chi connectivity index (χ2v) is 16.3. The van der Waals surface area contributed by atoms with Gasteiger partial charge in [0.15, 0.2) is 5.82 Å². The number of hydrogen-bond donors (Lipinski definition) is 0. The molecule has 12 rings (SSSR count). The van der Waals surface area contributed by atoms with Gasteiger partial charge in [0.1, 0.15) is 0 Å². The van der Waals surface area contributed by atoms with E-state index >= 15 is 0 Å². The summed E-state index contributed by atoms with van der Waals surface area (Å²) in [5, 5.41) is 10.2. The molecule has 0 aliphatic heterocycles. The van der Waals surface area contributed by atoms with Crippen molar-refractivity contribution in [2.24, 2.45) is 0 Å². The summed E-state index contributed by atoms with van der Waals surface area (Å²) >= 11 is 0. The summed E-state index contributed by atoms with van der Waals surface area (Å²) in [4.78, 5) is 20.5. The smallest absolute Gasteiger partial charge is 0.160 e. The fourth-order valence-electron chi connectivity index (χ4n) is 9.34. The molecule has 0 saturated heterocycles. The van der Waals surface area contributed by atoms with Gasteiger partial charge in [-0.05, 0) is 95.2 Å². The average Bonchev–Trinajstić information content (AvgIpc) is 3.52. The van der Waals surface area contributed by atoms with E-state index in [2.05, 4.69) is 166 Å². The molecule has 0 saturated carbocycles. The van der Waals surface area contributed by atoms with Crippen LogP contribution in [0.4, 0.5) is 0 Å². The number of hydrogen-bond acceptors (Lipinski definition) is 4. The van der Waals surface area contributed by atoms with Crippen molar-refractivity contribution in [3.05, 3.63) is 193 Å². The van der Waals surface area contributed by atoms with Gasteiger partial charge in [0.05, 0.1) is 22.8 Å². The summed E-state index contributed by atoms with van der Waals surface area (Å²) in [6.07, 6.45) is 3.93. The highest BCUT2D eigenvalue weighted by Gasteiger charge is 2.38. The Bertz CT molecular complexity index is 3440. The first-order valence-corrected chi connectivity index (χ1v) is 20.2. The molecule has 0 unspecified atom stereocenters. The zero-order chi connectivity index (χ0) is 39.2. The van der Waals surface area contributed by atoms with Crippen molar-refractivity contribution in [2.75, 3.05) is 0 Å². The Balaban J connectivity index is 0.932. The fourth-order valence-corrected chi connectivity index (χ4v) is 9.34. The van der Waals surface area contributed by atoms with E-state index in [-0.39, 0.29) is 5.41 Å². The Morgan fingerprint density at radius 3 is 1.69 bits per heavy atom. The third-order valence-corrected chi connectivity index (χ3v) is 12.5. The molecule has 0 radical (unpaired) electrons. The van der Waals surface area contributed by atoms with Crippen LogP contribution in [0.25, 0.3) is 111 Å². The van der Waals surface area contributed by atoms with Crippen molar-refractivity contribution in [1.29, 1.82) is 0 Å².